The second kappa shape index (κ2) is 5.32. The van der Waals surface area contributed by atoms with E-state index in [9.17, 15) is 5.26 Å². The van der Waals surface area contributed by atoms with Gasteiger partial charge in [-0.25, -0.2) is 4.98 Å². The largest absolute Gasteiger partial charge is 0.325 e. The van der Waals surface area contributed by atoms with Crippen LogP contribution in [0.5, 0.6) is 0 Å². The number of nitrogens with zero attached hydrogens (tertiary/aromatic N) is 4. The van der Waals surface area contributed by atoms with Gasteiger partial charge in [0, 0.05) is 12.1 Å². The summed E-state index contributed by atoms with van der Waals surface area (Å²) in [6, 6.07) is 7.97. The molecule has 1 aromatic heterocycles. The Morgan fingerprint density at radius 3 is 2.71 bits per heavy atom. The number of alkyl halides is 1. The number of rotatable bonds is 4. The van der Waals surface area contributed by atoms with Crippen molar-refractivity contribution in [3.63, 3.8) is 0 Å². The highest BCUT2D eigenvalue weighted by atomic mass is 35.5. The minimum atomic E-state index is 0.192. The zero-order valence-electron chi connectivity index (χ0n) is 12.4. The Balaban J connectivity index is 2.11. The van der Waals surface area contributed by atoms with Gasteiger partial charge in [0.25, 0.3) is 0 Å². The van der Waals surface area contributed by atoms with Crippen LogP contribution >= 0.6 is 11.6 Å². The molecule has 0 aliphatic heterocycles. The van der Waals surface area contributed by atoms with E-state index in [4.69, 9.17) is 11.6 Å². The first-order chi connectivity index (χ1) is 10.1. The van der Waals surface area contributed by atoms with Gasteiger partial charge in [-0.2, -0.15) is 5.26 Å². The van der Waals surface area contributed by atoms with Gasteiger partial charge in [-0.3, -0.25) is 0 Å². The number of hydrogen-bond donors (Lipinski definition) is 0. The fourth-order valence-corrected chi connectivity index (χ4v) is 3.39. The minimum absolute atomic E-state index is 0.192. The number of para-hydroxylation sites is 1. The maximum atomic E-state index is 9.25. The maximum absolute atomic E-state index is 9.25. The number of halogens is 1. The molecule has 0 radical (unpaired) electrons. The van der Waals surface area contributed by atoms with Crippen LogP contribution in [-0.2, 0) is 12.4 Å². The summed E-state index contributed by atoms with van der Waals surface area (Å²) >= 11 is 6.09. The van der Waals surface area contributed by atoms with Crippen molar-refractivity contribution < 1.29 is 0 Å². The third-order valence-corrected chi connectivity index (χ3v) is 5.02. The van der Waals surface area contributed by atoms with Crippen LogP contribution in [-0.4, -0.2) is 34.1 Å². The van der Waals surface area contributed by atoms with E-state index in [1.54, 1.807) is 0 Å². The van der Waals surface area contributed by atoms with Crippen molar-refractivity contribution in [3.05, 3.63) is 29.6 Å². The van der Waals surface area contributed by atoms with Crippen LogP contribution < -0.4 is 0 Å². The molecule has 1 fully saturated rings. The van der Waals surface area contributed by atoms with Crippen LogP contribution in [0.2, 0.25) is 0 Å². The van der Waals surface area contributed by atoms with E-state index in [0.29, 0.717) is 11.4 Å². The molecule has 1 aliphatic carbocycles. The predicted molar refractivity (Wildman–Crippen MR) is 84.3 cm³/mol. The first-order valence-electron chi connectivity index (χ1n) is 7.23. The van der Waals surface area contributed by atoms with Crippen molar-refractivity contribution in [1.29, 1.82) is 5.26 Å². The number of hydrogen-bond acceptors (Lipinski definition) is 3. The summed E-state index contributed by atoms with van der Waals surface area (Å²) in [6.45, 7) is 0.882. The van der Waals surface area contributed by atoms with E-state index in [1.807, 2.05) is 18.2 Å². The standard InChI is InChI=1S/C16H19ClN4/c1-20(2)16(7-4-8-16)11-21-13-6-3-5-12(10-18)15(13)19-14(21)9-17/h3,5-6H,4,7-9,11H2,1-2H3. The van der Waals surface area contributed by atoms with Gasteiger partial charge in [0.1, 0.15) is 17.4 Å². The number of fused-ring (bicyclic) bond motifs is 1. The fourth-order valence-electron chi connectivity index (χ4n) is 3.19. The Bertz CT molecular complexity index is 707. The summed E-state index contributed by atoms with van der Waals surface area (Å²) in [6.07, 6.45) is 3.66. The molecular formula is C16H19ClN4. The van der Waals surface area contributed by atoms with E-state index in [2.05, 4.69) is 34.6 Å². The molecule has 1 saturated carbocycles. The molecule has 0 bridgehead atoms. The van der Waals surface area contributed by atoms with Gasteiger partial charge in [-0.15, -0.1) is 11.6 Å². The van der Waals surface area contributed by atoms with Crippen LogP contribution in [0.1, 0.15) is 30.7 Å². The molecule has 3 rings (SSSR count). The molecule has 0 unspecified atom stereocenters. The topological polar surface area (TPSA) is 44.9 Å². The molecule has 4 nitrogen and oxygen atoms in total. The summed E-state index contributed by atoms with van der Waals surface area (Å²) < 4.78 is 2.20. The maximum Gasteiger partial charge on any atom is 0.124 e. The summed E-state index contributed by atoms with van der Waals surface area (Å²) in [4.78, 5) is 6.91. The van der Waals surface area contributed by atoms with E-state index in [0.717, 1.165) is 23.4 Å². The van der Waals surface area contributed by atoms with Crippen LogP contribution in [0.3, 0.4) is 0 Å². The van der Waals surface area contributed by atoms with E-state index < -0.39 is 0 Å². The van der Waals surface area contributed by atoms with Crippen molar-refractivity contribution in [2.24, 2.45) is 0 Å². The Hall–Kier alpha value is -1.57. The van der Waals surface area contributed by atoms with Gasteiger partial charge in [-0.1, -0.05) is 6.07 Å². The summed E-state index contributed by atoms with van der Waals surface area (Å²) in [5, 5.41) is 9.25. The Morgan fingerprint density at radius 2 is 2.19 bits per heavy atom. The molecule has 0 amide bonds. The minimum Gasteiger partial charge on any atom is -0.325 e. The molecule has 0 atom stereocenters. The highest BCUT2D eigenvalue weighted by molar-refractivity contribution is 6.16. The average Bonchev–Trinajstić information content (AvgIpc) is 2.79. The van der Waals surface area contributed by atoms with Crippen LogP contribution in [0.25, 0.3) is 11.0 Å². The molecule has 1 heterocycles. The molecule has 110 valence electrons. The van der Waals surface area contributed by atoms with E-state index in [1.165, 1.54) is 19.3 Å². The number of nitriles is 1. The Kier molecular flexibility index (Phi) is 3.64. The molecule has 1 aromatic carbocycles. The van der Waals surface area contributed by atoms with Crippen LogP contribution in [0, 0.1) is 11.3 Å². The molecule has 0 N–H and O–H groups in total. The van der Waals surface area contributed by atoms with Crippen molar-refractivity contribution in [2.45, 2.75) is 37.2 Å². The lowest BCUT2D eigenvalue weighted by atomic mass is 9.75. The first kappa shape index (κ1) is 14.4. The smallest absolute Gasteiger partial charge is 0.124 e. The summed E-state index contributed by atoms with van der Waals surface area (Å²) in [7, 11) is 4.28. The van der Waals surface area contributed by atoms with Crippen LogP contribution in [0.15, 0.2) is 18.2 Å². The van der Waals surface area contributed by atoms with E-state index in [-0.39, 0.29) is 5.54 Å². The summed E-state index contributed by atoms with van der Waals surface area (Å²) in [5.74, 6) is 1.21. The van der Waals surface area contributed by atoms with Crippen molar-refractivity contribution in [3.8, 4) is 6.07 Å². The zero-order chi connectivity index (χ0) is 15.0. The second-order valence-corrected chi connectivity index (χ2v) is 6.27. The van der Waals surface area contributed by atoms with Crippen molar-refractivity contribution in [2.75, 3.05) is 14.1 Å². The lowest BCUT2D eigenvalue weighted by Gasteiger charge is -2.47. The van der Waals surface area contributed by atoms with Gasteiger partial charge >= 0.3 is 0 Å². The molecular weight excluding hydrogens is 284 g/mol. The van der Waals surface area contributed by atoms with Gasteiger partial charge in [0.15, 0.2) is 0 Å². The van der Waals surface area contributed by atoms with Gasteiger partial charge in [-0.05, 0) is 45.5 Å². The normalized spacial score (nSPS) is 16.9. The SMILES string of the molecule is CN(C)C1(Cn2c(CCl)nc3c(C#N)cccc32)CCC1. The van der Waals surface area contributed by atoms with Crippen LogP contribution in [0.4, 0.5) is 0 Å². The molecule has 0 spiro atoms. The predicted octanol–water partition coefficient (Wildman–Crippen LogP) is 3.13. The third-order valence-electron chi connectivity index (χ3n) is 4.78. The van der Waals surface area contributed by atoms with Gasteiger partial charge < -0.3 is 9.47 Å². The average molecular weight is 303 g/mol. The Labute approximate surface area is 129 Å². The molecule has 5 heteroatoms. The number of likely N-dealkylation sites (N-methyl/N-ethyl adjacent to an activating group) is 1. The third kappa shape index (κ3) is 2.21. The second-order valence-electron chi connectivity index (χ2n) is 6.01. The van der Waals surface area contributed by atoms with Gasteiger partial charge in [0.2, 0.25) is 0 Å². The monoisotopic (exact) mass is 302 g/mol. The quantitative estimate of drug-likeness (QED) is 0.815. The fraction of sp³-hybridized carbons (Fsp3) is 0.500. The highest BCUT2D eigenvalue weighted by Crippen LogP contribution is 2.39. The van der Waals surface area contributed by atoms with Crippen molar-refractivity contribution in [1.82, 2.24) is 14.5 Å². The molecule has 2 aromatic rings. The zero-order valence-corrected chi connectivity index (χ0v) is 13.2. The molecule has 0 saturated heterocycles. The lowest BCUT2D eigenvalue weighted by molar-refractivity contribution is 0.0429. The summed E-state index contributed by atoms with van der Waals surface area (Å²) in [5.41, 5.74) is 2.59. The number of aromatic nitrogens is 2. The van der Waals surface area contributed by atoms with Crippen molar-refractivity contribution >= 4 is 22.6 Å². The highest BCUT2D eigenvalue weighted by Gasteiger charge is 2.40. The Morgan fingerprint density at radius 1 is 1.43 bits per heavy atom. The number of benzene rings is 1. The lowest BCUT2D eigenvalue weighted by Crippen LogP contribution is -2.53. The molecule has 21 heavy (non-hydrogen) atoms. The number of imidazole rings is 1. The molecule has 1 aliphatic rings. The van der Waals surface area contributed by atoms with E-state index >= 15 is 0 Å². The first-order valence-corrected chi connectivity index (χ1v) is 7.76. The van der Waals surface area contributed by atoms with Gasteiger partial charge in [0.05, 0.1) is 17.0 Å².